The molecule has 1 aromatic heterocycles. The number of amides is 2. The maximum Gasteiger partial charge on any atom is 0.326 e. The van der Waals surface area contributed by atoms with Crippen LogP contribution in [0.5, 0.6) is 0 Å². The summed E-state index contributed by atoms with van der Waals surface area (Å²) in [4.78, 5) is 31.4. The van der Waals surface area contributed by atoms with Gasteiger partial charge in [-0.3, -0.25) is 0 Å². The van der Waals surface area contributed by atoms with E-state index in [4.69, 9.17) is 5.11 Å². The van der Waals surface area contributed by atoms with E-state index in [0.717, 1.165) is 0 Å². The first-order valence-electron chi connectivity index (χ1n) is 6.22. The third-order valence-corrected chi connectivity index (χ3v) is 2.80. The number of hydrogen-bond acceptors (Lipinski definition) is 3. The molecule has 0 aliphatic rings. The van der Waals surface area contributed by atoms with Crippen LogP contribution >= 0.6 is 0 Å². The summed E-state index contributed by atoms with van der Waals surface area (Å²) < 4.78 is 0. The molecule has 0 spiro atoms. The van der Waals surface area contributed by atoms with Crippen LogP contribution in [0.1, 0.15) is 26.5 Å². The molecule has 7 heteroatoms. The van der Waals surface area contributed by atoms with Crippen molar-refractivity contribution in [1.29, 1.82) is 0 Å². The zero-order chi connectivity index (χ0) is 14.4. The number of nitrogens with one attached hydrogen (secondary N) is 2. The Morgan fingerprint density at radius 1 is 1.53 bits per heavy atom. The largest absolute Gasteiger partial charge is 0.480 e. The van der Waals surface area contributed by atoms with Gasteiger partial charge in [0.2, 0.25) is 0 Å². The molecule has 106 valence electrons. The minimum absolute atomic E-state index is 0.0200. The van der Waals surface area contributed by atoms with Gasteiger partial charge in [0, 0.05) is 30.9 Å². The Kier molecular flexibility index (Phi) is 5.35. The number of carboxylic acids is 1. The highest BCUT2D eigenvalue weighted by molar-refractivity contribution is 5.82. The maximum absolute atomic E-state index is 12.0. The predicted octanol–water partition coefficient (Wildman–Crippen LogP) is 0.845. The van der Waals surface area contributed by atoms with Crippen LogP contribution in [-0.2, 0) is 11.2 Å². The van der Waals surface area contributed by atoms with Crippen molar-refractivity contribution in [3.63, 3.8) is 0 Å². The highest BCUT2D eigenvalue weighted by Crippen LogP contribution is 2.03. The van der Waals surface area contributed by atoms with Gasteiger partial charge in [-0.25, -0.2) is 14.6 Å². The van der Waals surface area contributed by atoms with E-state index in [-0.39, 0.29) is 18.5 Å². The van der Waals surface area contributed by atoms with Crippen LogP contribution in [0.3, 0.4) is 0 Å². The van der Waals surface area contributed by atoms with Crippen molar-refractivity contribution in [3.05, 3.63) is 18.2 Å². The number of urea groups is 1. The molecule has 1 unspecified atom stereocenters. The van der Waals surface area contributed by atoms with Gasteiger partial charge in [-0.05, 0) is 20.8 Å². The molecule has 7 nitrogen and oxygen atoms in total. The third-order valence-electron chi connectivity index (χ3n) is 2.80. The van der Waals surface area contributed by atoms with Crippen LogP contribution in [0.4, 0.5) is 4.79 Å². The summed E-state index contributed by atoms with van der Waals surface area (Å²) in [6.45, 7) is 6.14. The van der Waals surface area contributed by atoms with Gasteiger partial charge in [-0.2, -0.15) is 0 Å². The smallest absolute Gasteiger partial charge is 0.326 e. The SMILES string of the molecule is CCN(C(=O)NC(Cc1cnc[nH]1)C(=O)O)C(C)C. The summed E-state index contributed by atoms with van der Waals surface area (Å²) in [6, 6.07) is -1.32. The number of rotatable bonds is 6. The molecule has 1 rings (SSSR count). The van der Waals surface area contributed by atoms with Crippen molar-refractivity contribution in [1.82, 2.24) is 20.2 Å². The lowest BCUT2D eigenvalue weighted by Crippen LogP contribution is -2.50. The van der Waals surface area contributed by atoms with E-state index in [1.54, 1.807) is 11.1 Å². The summed E-state index contributed by atoms with van der Waals surface area (Å²) in [5.74, 6) is -1.07. The average molecular weight is 268 g/mol. The van der Waals surface area contributed by atoms with Crippen LogP contribution in [0.2, 0.25) is 0 Å². The highest BCUT2D eigenvalue weighted by atomic mass is 16.4. The van der Waals surface area contributed by atoms with E-state index in [2.05, 4.69) is 15.3 Å². The number of carbonyl (C=O) groups excluding carboxylic acids is 1. The first kappa shape index (κ1) is 15.0. The van der Waals surface area contributed by atoms with Crippen molar-refractivity contribution < 1.29 is 14.7 Å². The molecule has 0 aromatic carbocycles. The number of H-pyrrole nitrogens is 1. The van der Waals surface area contributed by atoms with Crippen molar-refractivity contribution in [2.75, 3.05) is 6.54 Å². The molecule has 2 amide bonds. The third kappa shape index (κ3) is 4.27. The molecule has 19 heavy (non-hydrogen) atoms. The van der Waals surface area contributed by atoms with Gasteiger partial charge in [0.05, 0.1) is 6.33 Å². The predicted molar refractivity (Wildman–Crippen MR) is 69.8 cm³/mol. The van der Waals surface area contributed by atoms with E-state index in [1.165, 1.54) is 6.33 Å². The lowest BCUT2D eigenvalue weighted by atomic mass is 10.1. The number of imidazole rings is 1. The standard InChI is InChI=1S/C12H20N4O3/c1-4-16(8(2)3)12(19)15-10(11(17)18)5-9-6-13-7-14-9/h6-8,10H,4-5H2,1-3H3,(H,13,14)(H,15,19)(H,17,18). The Morgan fingerprint density at radius 3 is 2.63 bits per heavy atom. The fourth-order valence-corrected chi connectivity index (χ4v) is 1.79. The Labute approximate surface area is 112 Å². The van der Waals surface area contributed by atoms with Gasteiger partial charge in [0.25, 0.3) is 0 Å². The molecule has 0 saturated carbocycles. The van der Waals surface area contributed by atoms with E-state index in [1.807, 2.05) is 20.8 Å². The second-order valence-corrected chi connectivity index (χ2v) is 4.50. The number of aromatic amines is 1. The second-order valence-electron chi connectivity index (χ2n) is 4.50. The summed E-state index contributed by atoms with van der Waals surface area (Å²) in [7, 11) is 0. The molecule has 0 bridgehead atoms. The van der Waals surface area contributed by atoms with Gasteiger partial charge >= 0.3 is 12.0 Å². The molecule has 1 heterocycles. The van der Waals surface area contributed by atoms with Gasteiger partial charge in [-0.1, -0.05) is 0 Å². The zero-order valence-corrected chi connectivity index (χ0v) is 11.4. The molecule has 1 atom stereocenters. The quantitative estimate of drug-likeness (QED) is 0.712. The molecule has 0 saturated heterocycles. The van der Waals surface area contributed by atoms with E-state index in [9.17, 15) is 9.59 Å². The van der Waals surface area contributed by atoms with E-state index < -0.39 is 12.0 Å². The summed E-state index contributed by atoms with van der Waals surface area (Å²) in [6.07, 6.45) is 3.20. The maximum atomic E-state index is 12.0. The Balaban J connectivity index is 2.68. The van der Waals surface area contributed by atoms with Crippen LogP contribution in [0, 0.1) is 0 Å². The zero-order valence-electron chi connectivity index (χ0n) is 11.4. The summed E-state index contributed by atoms with van der Waals surface area (Å²) in [5.41, 5.74) is 0.667. The monoisotopic (exact) mass is 268 g/mol. The Bertz CT molecular complexity index is 417. The Hall–Kier alpha value is -2.05. The van der Waals surface area contributed by atoms with Crippen LogP contribution in [0.15, 0.2) is 12.5 Å². The molecule has 0 aliphatic heterocycles. The van der Waals surface area contributed by atoms with Crippen LogP contribution in [0.25, 0.3) is 0 Å². The van der Waals surface area contributed by atoms with Gasteiger partial charge in [0.1, 0.15) is 6.04 Å². The Morgan fingerprint density at radius 2 is 2.21 bits per heavy atom. The first-order valence-corrected chi connectivity index (χ1v) is 6.22. The summed E-state index contributed by atoms with van der Waals surface area (Å²) >= 11 is 0. The fraction of sp³-hybridized carbons (Fsp3) is 0.583. The number of aromatic nitrogens is 2. The molecular formula is C12H20N4O3. The van der Waals surface area contributed by atoms with E-state index in [0.29, 0.717) is 12.2 Å². The van der Waals surface area contributed by atoms with Gasteiger partial charge < -0.3 is 20.3 Å². The highest BCUT2D eigenvalue weighted by Gasteiger charge is 2.24. The molecule has 0 aliphatic carbocycles. The molecule has 0 radical (unpaired) electrons. The molecule has 0 fully saturated rings. The second kappa shape index (κ2) is 6.77. The molecular weight excluding hydrogens is 248 g/mol. The number of carboxylic acid groups (broad SMARTS) is 1. The number of aliphatic carboxylic acids is 1. The fourth-order valence-electron chi connectivity index (χ4n) is 1.79. The van der Waals surface area contributed by atoms with Gasteiger partial charge in [-0.15, -0.1) is 0 Å². The number of carbonyl (C=O) groups is 2. The normalized spacial score (nSPS) is 12.2. The average Bonchev–Trinajstić information content (AvgIpc) is 2.81. The van der Waals surface area contributed by atoms with Crippen LogP contribution < -0.4 is 5.32 Å². The number of hydrogen-bond donors (Lipinski definition) is 3. The molecule has 3 N–H and O–H groups in total. The summed E-state index contributed by atoms with van der Waals surface area (Å²) in [5, 5.41) is 11.7. The lowest BCUT2D eigenvalue weighted by Gasteiger charge is -2.27. The van der Waals surface area contributed by atoms with Crippen LogP contribution in [-0.4, -0.2) is 50.6 Å². The van der Waals surface area contributed by atoms with Crippen molar-refractivity contribution in [3.8, 4) is 0 Å². The van der Waals surface area contributed by atoms with E-state index >= 15 is 0 Å². The lowest BCUT2D eigenvalue weighted by molar-refractivity contribution is -0.139. The van der Waals surface area contributed by atoms with Crippen molar-refractivity contribution in [2.45, 2.75) is 39.3 Å². The van der Waals surface area contributed by atoms with Gasteiger partial charge in [0.15, 0.2) is 0 Å². The topological polar surface area (TPSA) is 98.3 Å². The molecule has 1 aromatic rings. The minimum Gasteiger partial charge on any atom is -0.480 e. The minimum atomic E-state index is -1.07. The van der Waals surface area contributed by atoms with Crippen molar-refractivity contribution >= 4 is 12.0 Å². The van der Waals surface area contributed by atoms with Crippen molar-refractivity contribution in [2.24, 2.45) is 0 Å². The number of nitrogens with zero attached hydrogens (tertiary/aromatic N) is 2. The first-order chi connectivity index (χ1) is 8.95.